The maximum atomic E-state index is 13.0. The molecule has 1 aromatic carbocycles. The average Bonchev–Trinajstić information content (AvgIpc) is 2.92. The molecule has 38 heavy (non-hydrogen) atoms. The number of hydrogen-bond donors (Lipinski definition) is 2. The van der Waals surface area contributed by atoms with E-state index in [1.54, 1.807) is 23.9 Å². The summed E-state index contributed by atoms with van der Waals surface area (Å²) in [5, 5.41) is 5.25. The summed E-state index contributed by atoms with van der Waals surface area (Å²) in [5.41, 5.74) is 6.89. The lowest BCUT2D eigenvalue weighted by Gasteiger charge is -2.35. The van der Waals surface area contributed by atoms with Gasteiger partial charge in [-0.05, 0) is 61.5 Å². The van der Waals surface area contributed by atoms with E-state index in [4.69, 9.17) is 5.73 Å². The molecule has 0 heterocycles. The second kappa shape index (κ2) is 21.9. The van der Waals surface area contributed by atoms with Gasteiger partial charge in [0.05, 0.1) is 0 Å². The SMILES string of the molecule is C/C=C\S/C(C)=C/CC.C=C/C=C(\C=C/CC)C(CCN(/C=C\NCC=C)CC)(C(N)=O)c1ccccc1. The van der Waals surface area contributed by atoms with Gasteiger partial charge in [0, 0.05) is 32.0 Å². The van der Waals surface area contributed by atoms with E-state index in [-0.39, 0.29) is 5.91 Å². The van der Waals surface area contributed by atoms with Crippen molar-refractivity contribution in [2.24, 2.45) is 5.73 Å². The molecule has 0 spiro atoms. The molecule has 1 rings (SSSR count). The Balaban J connectivity index is 0.00000129. The Hall–Kier alpha value is -3.18. The van der Waals surface area contributed by atoms with Gasteiger partial charge in [-0.3, -0.25) is 4.79 Å². The van der Waals surface area contributed by atoms with Crippen LogP contribution in [-0.4, -0.2) is 30.4 Å². The Morgan fingerprint density at radius 3 is 2.39 bits per heavy atom. The smallest absolute Gasteiger partial charge is 0.232 e. The van der Waals surface area contributed by atoms with Crippen LogP contribution in [0.4, 0.5) is 0 Å². The maximum Gasteiger partial charge on any atom is 0.232 e. The van der Waals surface area contributed by atoms with Gasteiger partial charge in [-0.1, -0.05) is 93.3 Å². The standard InChI is InChI=1S/C25H35N3O.C8H14S/c1-5-9-14-22(13-6-2)25(24(26)29,23-15-11-10-12-16-23)17-20-28(8-4)21-19-27-18-7-3;1-4-6-8(3)9-7-5-2/h6-7,9-16,19,21,27H,2-3,5,8,17-18,20H2,1,4H3,(H2,26,29);5-7H,4H2,1-3H3/b14-9-,21-19-,22-13+;7-5-,8-6+. The second-order valence-electron chi connectivity index (χ2n) is 8.51. The topological polar surface area (TPSA) is 58.4 Å². The van der Waals surface area contributed by atoms with Crippen LogP contribution in [0.3, 0.4) is 0 Å². The van der Waals surface area contributed by atoms with Crippen LogP contribution in [0.2, 0.25) is 0 Å². The van der Waals surface area contributed by atoms with Gasteiger partial charge in [-0.15, -0.1) is 18.3 Å². The molecule has 1 unspecified atom stereocenters. The lowest BCUT2D eigenvalue weighted by molar-refractivity contribution is -0.122. The third kappa shape index (κ3) is 12.9. The minimum Gasteiger partial charge on any atom is -0.386 e. The number of hydrogen-bond acceptors (Lipinski definition) is 4. The number of benzene rings is 1. The van der Waals surface area contributed by atoms with Crippen molar-refractivity contribution >= 4 is 17.7 Å². The number of nitrogens with zero attached hydrogens (tertiary/aromatic N) is 1. The van der Waals surface area contributed by atoms with Gasteiger partial charge < -0.3 is 16.0 Å². The molecule has 4 nitrogen and oxygen atoms in total. The predicted molar refractivity (Wildman–Crippen MR) is 171 cm³/mol. The van der Waals surface area contributed by atoms with Crippen LogP contribution in [0.25, 0.3) is 0 Å². The van der Waals surface area contributed by atoms with E-state index in [2.05, 4.69) is 68.6 Å². The van der Waals surface area contributed by atoms with Crippen molar-refractivity contribution in [2.45, 2.75) is 59.3 Å². The zero-order valence-electron chi connectivity index (χ0n) is 24.2. The summed E-state index contributed by atoms with van der Waals surface area (Å²) < 4.78 is 0. The van der Waals surface area contributed by atoms with E-state index < -0.39 is 5.41 Å². The summed E-state index contributed by atoms with van der Waals surface area (Å²) in [7, 11) is 0. The summed E-state index contributed by atoms with van der Waals surface area (Å²) in [5.74, 6) is -0.359. The molecule has 0 aromatic heterocycles. The Morgan fingerprint density at radius 1 is 1.16 bits per heavy atom. The molecule has 1 aromatic rings. The molecule has 1 amide bonds. The largest absolute Gasteiger partial charge is 0.386 e. The van der Waals surface area contributed by atoms with E-state index in [9.17, 15) is 4.79 Å². The van der Waals surface area contributed by atoms with E-state index in [1.807, 2.05) is 67.9 Å². The lowest BCUT2D eigenvalue weighted by atomic mass is 9.70. The van der Waals surface area contributed by atoms with Gasteiger partial charge >= 0.3 is 0 Å². The fraction of sp³-hybridized carbons (Fsp3) is 0.364. The minimum absolute atomic E-state index is 0.359. The average molecular weight is 536 g/mol. The molecule has 0 bridgehead atoms. The maximum absolute atomic E-state index is 13.0. The van der Waals surface area contributed by atoms with Gasteiger partial charge in [0.1, 0.15) is 5.41 Å². The van der Waals surface area contributed by atoms with Crippen LogP contribution < -0.4 is 11.1 Å². The summed E-state index contributed by atoms with van der Waals surface area (Å²) in [4.78, 5) is 16.5. The number of primary amides is 1. The molecule has 3 N–H and O–H groups in total. The third-order valence-corrected chi connectivity index (χ3v) is 6.68. The highest BCUT2D eigenvalue weighted by atomic mass is 32.2. The number of carbonyl (C=O) groups is 1. The van der Waals surface area contributed by atoms with Gasteiger partial charge in [0.15, 0.2) is 0 Å². The van der Waals surface area contributed by atoms with Crippen molar-refractivity contribution in [2.75, 3.05) is 19.6 Å². The first-order valence-corrected chi connectivity index (χ1v) is 14.3. The highest BCUT2D eigenvalue weighted by Gasteiger charge is 2.41. The monoisotopic (exact) mass is 535 g/mol. The summed E-state index contributed by atoms with van der Waals surface area (Å²) >= 11 is 1.78. The molecular weight excluding hydrogens is 486 g/mol. The van der Waals surface area contributed by atoms with E-state index in [0.717, 1.165) is 30.5 Å². The first-order valence-electron chi connectivity index (χ1n) is 13.4. The molecule has 0 aliphatic heterocycles. The van der Waals surface area contributed by atoms with Crippen molar-refractivity contribution < 1.29 is 4.79 Å². The molecule has 0 fully saturated rings. The second-order valence-corrected chi connectivity index (χ2v) is 9.66. The zero-order valence-corrected chi connectivity index (χ0v) is 25.0. The Kier molecular flexibility index (Phi) is 20.0. The lowest BCUT2D eigenvalue weighted by Crippen LogP contribution is -2.44. The highest BCUT2D eigenvalue weighted by Crippen LogP contribution is 2.37. The number of allylic oxidation sites excluding steroid dienone is 7. The molecule has 0 aliphatic rings. The van der Waals surface area contributed by atoms with E-state index >= 15 is 0 Å². The molecule has 0 saturated carbocycles. The summed E-state index contributed by atoms with van der Waals surface area (Å²) in [6.45, 7) is 20.2. The van der Waals surface area contributed by atoms with Gasteiger partial charge in [0.2, 0.25) is 5.91 Å². The molecule has 0 radical (unpaired) electrons. The van der Waals surface area contributed by atoms with Crippen LogP contribution in [0.15, 0.2) is 114 Å². The Bertz CT molecular complexity index is 960. The fourth-order valence-electron chi connectivity index (χ4n) is 3.77. The first-order chi connectivity index (χ1) is 18.4. The van der Waals surface area contributed by atoms with Crippen LogP contribution in [0.1, 0.15) is 59.4 Å². The van der Waals surface area contributed by atoms with Crippen molar-refractivity contribution in [1.82, 2.24) is 10.2 Å². The van der Waals surface area contributed by atoms with Crippen molar-refractivity contribution in [3.63, 3.8) is 0 Å². The Labute approximate surface area is 236 Å². The van der Waals surface area contributed by atoms with Crippen LogP contribution in [0.5, 0.6) is 0 Å². The molecule has 1 atom stereocenters. The predicted octanol–water partition coefficient (Wildman–Crippen LogP) is 8.01. The number of carbonyl (C=O) groups excluding carboxylic acids is 1. The molecular formula is C33H49N3OS. The van der Waals surface area contributed by atoms with Gasteiger partial charge in [0.25, 0.3) is 0 Å². The summed E-state index contributed by atoms with van der Waals surface area (Å²) in [6.07, 6.45) is 20.2. The minimum atomic E-state index is -0.934. The van der Waals surface area contributed by atoms with Crippen molar-refractivity contribution in [3.05, 3.63) is 120 Å². The number of rotatable bonds is 17. The quantitative estimate of drug-likeness (QED) is 0.120. The van der Waals surface area contributed by atoms with Crippen LogP contribution in [-0.2, 0) is 10.2 Å². The van der Waals surface area contributed by atoms with Crippen LogP contribution >= 0.6 is 11.8 Å². The van der Waals surface area contributed by atoms with Crippen molar-refractivity contribution in [1.29, 1.82) is 0 Å². The summed E-state index contributed by atoms with van der Waals surface area (Å²) in [6, 6.07) is 9.77. The van der Waals surface area contributed by atoms with Gasteiger partial charge in [-0.25, -0.2) is 0 Å². The van der Waals surface area contributed by atoms with E-state index in [1.165, 1.54) is 4.91 Å². The van der Waals surface area contributed by atoms with Crippen LogP contribution in [0, 0.1) is 0 Å². The normalized spacial score (nSPS) is 13.7. The van der Waals surface area contributed by atoms with Crippen molar-refractivity contribution in [3.8, 4) is 0 Å². The van der Waals surface area contributed by atoms with E-state index in [0.29, 0.717) is 19.5 Å². The number of thioether (sulfide) groups is 1. The van der Waals surface area contributed by atoms with Gasteiger partial charge in [-0.2, -0.15) is 0 Å². The molecule has 208 valence electrons. The number of amides is 1. The third-order valence-electron chi connectivity index (χ3n) is 5.74. The number of nitrogens with two attached hydrogens (primary N) is 1. The molecule has 0 saturated heterocycles. The Morgan fingerprint density at radius 2 is 1.87 bits per heavy atom. The fourth-order valence-corrected chi connectivity index (χ4v) is 4.38. The number of nitrogens with one attached hydrogen (secondary N) is 1. The molecule has 5 heteroatoms. The first kappa shape index (κ1) is 34.8. The zero-order chi connectivity index (χ0) is 28.7. The highest BCUT2D eigenvalue weighted by molar-refractivity contribution is 8.05. The molecule has 0 aliphatic carbocycles.